The lowest BCUT2D eigenvalue weighted by molar-refractivity contribution is 0.627. The van der Waals surface area contributed by atoms with E-state index in [1.807, 2.05) is 6.92 Å². The molecule has 0 aliphatic carbocycles. The molecular weight excluding hydrogens is 233 g/mol. The molecule has 0 fully saturated rings. The van der Waals surface area contributed by atoms with Crippen molar-refractivity contribution < 1.29 is 4.39 Å². The quantitative estimate of drug-likeness (QED) is 0.833. The molecule has 1 nitrogen and oxygen atoms in total. The van der Waals surface area contributed by atoms with Crippen LogP contribution in [0.15, 0.2) is 29.6 Å². The predicted octanol–water partition coefficient (Wildman–Crippen LogP) is 4.68. The number of nitrogens with one attached hydrogen (secondary N) is 1. The van der Waals surface area contributed by atoms with Crippen LogP contribution in [-0.4, -0.2) is 0 Å². The summed E-state index contributed by atoms with van der Waals surface area (Å²) in [5, 5.41) is 5.45. The maximum absolute atomic E-state index is 13.2. The van der Waals surface area contributed by atoms with Crippen molar-refractivity contribution in [1.29, 1.82) is 0 Å². The largest absolute Gasteiger partial charge is 0.377 e. The van der Waals surface area contributed by atoms with Gasteiger partial charge in [-0.3, -0.25) is 0 Å². The zero-order chi connectivity index (χ0) is 12.4. The summed E-state index contributed by atoms with van der Waals surface area (Å²) in [6.07, 6.45) is 0. The molecule has 1 N–H and O–H groups in total. The Morgan fingerprint density at radius 3 is 2.59 bits per heavy atom. The van der Waals surface area contributed by atoms with Crippen LogP contribution >= 0.6 is 11.3 Å². The Balaban J connectivity index is 2.21. The van der Waals surface area contributed by atoms with Crippen LogP contribution in [0.5, 0.6) is 0 Å². The van der Waals surface area contributed by atoms with Gasteiger partial charge in [0, 0.05) is 10.6 Å². The Hall–Kier alpha value is -1.35. The summed E-state index contributed by atoms with van der Waals surface area (Å²) >= 11 is 1.73. The zero-order valence-corrected chi connectivity index (χ0v) is 11.1. The number of benzene rings is 1. The first kappa shape index (κ1) is 12.1. The summed E-state index contributed by atoms with van der Waals surface area (Å²) in [5.74, 6) is -0.201. The maximum atomic E-state index is 13.2. The first-order valence-corrected chi connectivity index (χ1v) is 6.52. The summed E-state index contributed by atoms with van der Waals surface area (Å²) < 4.78 is 13.2. The number of thiophene rings is 1. The smallest absolute Gasteiger partial charge is 0.125 e. The highest BCUT2D eigenvalue weighted by molar-refractivity contribution is 7.10. The number of aryl methyl sites for hydroxylation is 2. The van der Waals surface area contributed by atoms with Gasteiger partial charge >= 0.3 is 0 Å². The molecule has 90 valence electrons. The van der Waals surface area contributed by atoms with Crippen molar-refractivity contribution in [2.75, 3.05) is 5.32 Å². The molecule has 0 spiro atoms. The number of rotatable bonds is 3. The summed E-state index contributed by atoms with van der Waals surface area (Å²) in [4.78, 5) is 1.30. The third-order valence-corrected chi connectivity index (χ3v) is 4.07. The lowest BCUT2D eigenvalue weighted by Crippen LogP contribution is -2.07. The van der Waals surface area contributed by atoms with Crippen LogP contribution in [0.3, 0.4) is 0 Å². The van der Waals surface area contributed by atoms with E-state index in [0.29, 0.717) is 0 Å². The van der Waals surface area contributed by atoms with E-state index in [2.05, 4.69) is 30.6 Å². The standard InChI is InChI=1S/C14H16FNS/c1-9-4-5-12(15)8-13(9)16-11(3)14-10(2)6-7-17-14/h4-8,11,16H,1-3H3. The molecule has 0 amide bonds. The Morgan fingerprint density at radius 1 is 1.18 bits per heavy atom. The molecule has 0 saturated carbocycles. The van der Waals surface area contributed by atoms with E-state index in [9.17, 15) is 4.39 Å². The van der Waals surface area contributed by atoms with Crippen LogP contribution in [-0.2, 0) is 0 Å². The fourth-order valence-electron chi connectivity index (χ4n) is 1.88. The molecule has 0 bridgehead atoms. The van der Waals surface area contributed by atoms with E-state index in [1.54, 1.807) is 23.5 Å². The minimum Gasteiger partial charge on any atom is -0.377 e. The van der Waals surface area contributed by atoms with Crippen molar-refractivity contribution in [3.05, 3.63) is 51.5 Å². The predicted molar refractivity (Wildman–Crippen MR) is 72.2 cm³/mol. The van der Waals surface area contributed by atoms with Gasteiger partial charge in [0.2, 0.25) is 0 Å². The summed E-state index contributed by atoms with van der Waals surface area (Å²) in [5.41, 5.74) is 3.21. The molecule has 2 rings (SSSR count). The number of hydrogen-bond donors (Lipinski definition) is 1. The highest BCUT2D eigenvalue weighted by atomic mass is 32.1. The molecule has 1 atom stereocenters. The lowest BCUT2D eigenvalue weighted by Gasteiger charge is -2.17. The van der Waals surface area contributed by atoms with Crippen LogP contribution in [0.25, 0.3) is 0 Å². The van der Waals surface area contributed by atoms with Crippen LogP contribution in [0.1, 0.15) is 29.0 Å². The molecule has 1 aromatic heterocycles. The third kappa shape index (κ3) is 2.67. The van der Waals surface area contributed by atoms with Gasteiger partial charge in [0.25, 0.3) is 0 Å². The van der Waals surface area contributed by atoms with Gasteiger partial charge < -0.3 is 5.32 Å². The highest BCUT2D eigenvalue weighted by Crippen LogP contribution is 2.28. The van der Waals surface area contributed by atoms with E-state index < -0.39 is 0 Å². The zero-order valence-electron chi connectivity index (χ0n) is 10.3. The molecule has 0 aliphatic rings. The molecule has 3 heteroatoms. The first-order valence-electron chi connectivity index (χ1n) is 5.64. The average molecular weight is 249 g/mol. The minimum absolute atomic E-state index is 0.201. The molecule has 0 saturated heterocycles. The average Bonchev–Trinajstić information content (AvgIpc) is 2.70. The third-order valence-electron chi connectivity index (χ3n) is 2.87. The van der Waals surface area contributed by atoms with Crippen molar-refractivity contribution in [1.82, 2.24) is 0 Å². The molecule has 1 aromatic carbocycles. The number of anilines is 1. The van der Waals surface area contributed by atoms with Gasteiger partial charge in [0.05, 0.1) is 6.04 Å². The van der Waals surface area contributed by atoms with Crippen LogP contribution < -0.4 is 5.32 Å². The Kier molecular flexibility index (Phi) is 3.48. The van der Waals surface area contributed by atoms with Gasteiger partial charge in [-0.15, -0.1) is 11.3 Å². The van der Waals surface area contributed by atoms with Crippen molar-refractivity contribution in [3.63, 3.8) is 0 Å². The first-order chi connectivity index (χ1) is 8.08. The SMILES string of the molecule is Cc1ccc(F)cc1NC(C)c1sccc1C. The van der Waals surface area contributed by atoms with Gasteiger partial charge in [-0.25, -0.2) is 4.39 Å². The van der Waals surface area contributed by atoms with E-state index in [-0.39, 0.29) is 11.9 Å². The fraction of sp³-hybridized carbons (Fsp3) is 0.286. The highest BCUT2D eigenvalue weighted by Gasteiger charge is 2.11. The van der Waals surface area contributed by atoms with E-state index in [4.69, 9.17) is 0 Å². The molecule has 0 radical (unpaired) electrons. The summed E-state index contributed by atoms with van der Waals surface area (Å²) in [6.45, 7) is 6.18. The molecule has 2 aromatic rings. The van der Waals surface area contributed by atoms with Crippen molar-refractivity contribution in [2.45, 2.75) is 26.8 Å². The molecular formula is C14H16FNS. The number of hydrogen-bond acceptors (Lipinski definition) is 2. The monoisotopic (exact) mass is 249 g/mol. The number of halogens is 1. The van der Waals surface area contributed by atoms with E-state index in [1.165, 1.54) is 16.5 Å². The van der Waals surface area contributed by atoms with Crippen LogP contribution in [0.2, 0.25) is 0 Å². The van der Waals surface area contributed by atoms with Crippen molar-refractivity contribution >= 4 is 17.0 Å². The summed E-state index contributed by atoms with van der Waals surface area (Å²) in [7, 11) is 0. The van der Waals surface area contributed by atoms with Gasteiger partial charge in [0.1, 0.15) is 5.82 Å². The normalized spacial score (nSPS) is 12.5. The lowest BCUT2D eigenvalue weighted by atomic mass is 10.1. The maximum Gasteiger partial charge on any atom is 0.125 e. The molecule has 1 unspecified atom stereocenters. The van der Waals surface area contributed by atoms with Gasteiger partial charge in [-0.1, -0.05) is 6.07 Å². The van der Waals surface area contributed by atoms with Crippen LogP contribution in [0.4, 0.5) is 10.1 Å². The van der Waals surface area contributed by atoms with Crippen molar-refractivity contribution in [3.8, 4) is 0 Å². The van der Waals surface area contributed by atoms with E-state index in [0.717, 1.165) is 11.3 Å². The second-order valence-electron chi connectivity index (χ2n) is 4.29. The van der Waals surface area contributed by atoms with Gasteiger partial charge in [-0.2, -0.15) is 0 Å². The van der Waals surface area contributed by atoms with Gasteiger partial charge in [0.15, 0.2) is 0 Å². The second kappa shape index (κ2) is 4.88. The van der Waals surface area contributed by atoms with Crippen LogP contribution in [0, 0.1) is 19.7 Å². The second-order valence-corrected chi connectivity index (χ2v) is 5.24. The minimum atomic E-state index is -0.201. The van der Waals surface area contributed by atoms with E-state index >= 15 is 0 Å². The Bertz CT molecular complexity index is 519. The summed E-state index contributed by atoms with van der Waals surface area (Å²) in [6, 6.07) is 7.15. The van der Waals surface area contributed by atoms with Crippen molar-refractivity contribution in [2.24, 2.45) is 0 Å². The molecule has 0 aliphatic heterocycles. The topological polar surface area (TPSA) is 12.0 Å². The molecule has 1 heterocycles. The van der Waals surface area contributed by atoms with Gasteiger partial charge in [-0.05, 0) is 55.5 Å². The Morgan fingerprint density at radius 2 is 1.94 bits per heavy atom. The molecule has 17 heavy (non-hydrogen) atoms. The fourth-order valence-corrected chi connectivity index (χ4v) is 2.81. The Labute approximate surface area is 105 Å².